The van der Waals surface area contributed by atoms with Gasteiger partial charge in [0.1, 0.15) is 5.82 Å². The Kier molecular flexibility index (Phi) is 3.39. The topological polar surface area (TPSA) is 33.5 Å². The smallest absolute Gasteiger partial charge is 0.293 e. The number of fused-ring (bicyclic) bond motifs is 1. The third-order valence-corrected chi connectivity index (χ3v) is 3.52. The summed E-state index contributed by atoms with van der Waals surface area (Å²) in [6.07, 6.45) is 0. The number of anilines is 1. The molecule has 0 saturated heterocycles. The van der Waals surface area contributed by atoms with E-state index in [1.165, 1.54) is 29.2 Å². The van der Waals surface area contributed by atoms with Crippen molar-refractivity contribution in [3.63, 3.8) is 0 Å². The van der Waals surface area contributed by atoms with Crippen molar-refractivity contribution in [3.8, 4) is 0 Å². The predicted octanol–water partition coefficient (Wildman–Crippen LogP) is 4.50. The molecule has 1 heterocycles. The van der Waals surface area contributed by atoms with E-state index in [0.29, 0.717) is 16.3 Å². The van der Waals surface area contributed by atoms with Crippen LogP contribution in [0.5, 0.6) is 0 Å². The second kappa shape index (κ2) is 5.22. The maximum absolute atomic E-state index is 12.9. The molecule has 0 radical (unpaired) electrons. The quantitative estimate of drug-likeness (QED) is 0.698. The first kappa shape index (κ1) is 13.6. The van der Waals surface area contributed by atoms with Gasteiger partial charge >= 0.3 is 0 Å². The molecule has 0 spiro atoms. The van der Waals surface area contributed by atoms with Crippen LogP contribution in [0.2, 0.25) is 5.02 Å². The maximum Gasteiger partial charge on any atom is 0.293 e. The SMILES string of the molecule is CN(C(=O)c1cc2cccc(Cl)c2o1)c1ccc(F)cc1. The van der Waals surface area contributed by atoms with Crippen LogP contribution in [0.25, 0.3) is 11.0 Å². The number of benzene rings is 2. The Morgan fingerprint density at radius 3 is 2.57 bits per heavy atom. The van der Waals surface area contributed by atoms with Gasteiger partial charge in [0.25, 0.3) is 5.91 Å². The lowest BCUT2D eigenvalue weighted by Crippen LogP contribution is -2.25. The third-order valence-electron chi connectivity index (χ3n) is 3.23. The average Bonchev–Trinajstić information content (AvgIpc) is 2.92. The zero-order valence-electron chi connectivity index (χ0n) is 11.1. The van der Waals surface area contributed by atoms with Crippen LogP contribution < -0.4 is 4.90 Å². The number of rotatable bonds is 2. The molecule has 0 aliphatic rings. The molecule has 0 N–H and O–H groups in total. The molecule has 0 saturated carbocycles. The van der Waals surface area contributed by atoms with Crippen LogP contribution in [-0.2, 0) is 0 Å². The third kappa shape index (κ3) is 2.50. The minimum absolute atomic E-state index is 0.185. The lowest BCUT2D eigenvalue weighted by molar-refractivity contribution is 0.0968. The van der Waals surface area contributed by atoms with E-state index in [0.717, 1.165) is 5.39 Å². The van der Waals surface area contributed by atoms with Gasteiger partial charge in [-0.25, -0.2) is 4.39 Å². The Hall–Kier alpha value is -2.33. The van der Waals surface area contributed by atoms with E-state index in [1.807, 2.05) is 6.07 Å². The van der Waals surface area contributed by atoms with E-state index in [4.69, 9.17) is 16.0 Å². The number of para-hydroxylation sites is 1. The normalized spacial score (nSPS) is 10.8. The molecular weight excluding hydrogens is 293 g/mol. The van der Waals surface area contributed by atoms with Gasteiger partial charge in [-0.3, -0.25) is 4.79 Å². The van der Waals surface area contributed by atoms with E-state index < -0.39 is 0 Å². The summed E-state index contributed by atoms with van der Waals surface area (Å²) in [5, 5.41) is 1.22. The van der Waals surface area contributed by atoms with Crippen LogP contribution in [0.15, 0.2) is 52.9 Å². The van der Waals surface area contributed by atoms with Crippen molar-refractivity contribution in [1.29, 1.82) is 0 Å². The Bertz CT molecular complexity index is 811. The Balaban J connectivity index is 1.96. The second-order valence-corrected chi connectivity index (χ2v) is 5.02. The lowest BCUT2D eigenvalue weighted by atomic mass is 10.2. The molecule has 3 nitrogen and oxygen atoms in total. The lowest BCUT2D eigenvalue weighted by Gasteiger charge is -2.15. The van der Waals surface area contributed by atoms with Crippen molar-refractivity contribution in [2.75, 3.05) is 11.9 Å². The van der Waals surface area contributed by atoms with E-state index >= 15 is 0 Å². The van der Waals surface area contributed by atoms with Crippen molar-refractivity contribution in [1.82, 2.24) is 0 Å². The molecule has 106 valence electrons. The summed E-state index contributed by atoms with van der Waals surface area (Å²) in [5.41, 5.74) is 1.06. The molecular formula is C16H11ClFNO2. The second-order valence-electron chi connectivity index (χ2n) is 4.61. The molecule has 3 aromatic rings. The number of hydrogen-bond acceptors (Lipinski definition) is 2. The Morgan fingerprint density at radius 2 is 1.90 bits per heavy atom. The molecule has 0 aliphatic carbocycles. The minimum Gasteiger partial charge on any atom is -0.449 e. The maximum atomic E-state index is 12.9. The summed E-state index contributed by atoms with van der Waals surface area (Å²) >= 11 is 6.03. The zero-order chi connectivity index (χ0) is 15.0. The van der Waals surface area contributed by atoms with Crippen molar-refractivity contribution in [3.05, 3.63) is 65.1 Å². The van der Waals surface area contributed by atoms with E-state index in [-0.39, 0.29) is 17.5 Å². The molecule has 1 amide bonds. The van der Waals surface area contributed by atoms with E-state index in [9.17, 15) is 9.18 Å². The number of halogens is 2. The summed E-state index contributed by atoms with van der Waals surface area (Å²) in [6.45, 7) is 0. The monoisotopic (exact) mass is 303 g/mol. The highest BCUT2D eigenvalue weighted by Gasteiger charge is 2.19. The first-order valence-corrected chi connectivity index (χ1v) is 6.66. The van der Waals surface area contributed by atoms with Crippen LogP contribution in [0.1, 0.15) is 10.6 Å². The molecule has 1 aromatic heterocycles. The van der Waals surface area contributed by atoms with Gasteiger partial charge in [0.15, 0.2) is 11.3 Å². The summed E-state index contributed by atoms with van der Waals surface area (Å²) < 4.78 is 18.5. The number of furan rings is 1. The summed E-state index contributed by atoms with van der Waals surface area (Å²) in [5.74, 6) is -0.492. The number of amides is 1. The van der Waals surface area contributed by atoms with Crippen molar-refractivity contribution in [2.45, 2.75) is 0 Å². The minimum atomic E-state index is -0.352. The zero-order valence-corrected chi connectivity index (χ0v) is 11.9. The molecule has 21 heavy (non-hydrogen) atoms. The van der Waals surface area contributed by atoms with E-state index in [2.05, 4.69) is 0 Å². The van der Waals surface area contributed by atoms with Crippen LogP contribution >= 0.6 is 11.6 Å². The first-order valence-electron chi connectivity index (χ1n) is 6.28. The molecule has 0 fully saturated rings. The summed E-state index contributed by atoms with van der Waals surface area (Å²) in [7, 11) is 1.60. The van der Waals surface area contributed by atoms with Gasteiger partial charge in [-0.05, 0) is 36.4 Å². The van der Waals surface area contributed by atoms with Crippen molar-refractivity contribution >= 4 is 34.2 Å². The van der Waals surface area contributed by atoms with Gasteiger partial charge in [0, 0.05) is 18.1 Å². The van der Waals surface area contributed by atoms with Crippen LogP contribution in [0.4, 0.5) is 10.1 Å². The van der Waals surface area contributed by atoms with Gasteiger partial charge in [0.2, 0.25) is 0 Å². The first-order chi connectivity index (χ1) is 10.1. The fourth-order valence-electron chi connectivity index (χ4n) is 2.08. The van der Waals surface area contributed by atoms with Gasteiger partial charge in [-0.15, -0.1) is 0 Å². The van der Waals surface area contributed by atoms with E-state index in [1.54, 1.807) is 25.2 Å². The van der Waals surface area contributed by atoms with Gasteiger partial charge in [-0.2, -0.15) is 0 Å². The fourth-order valence-corrected chi connectivity index (χ4v) is 2.30. The highest BCUT2D eigenvalue weighted by Crippen LogP contribution is 2.27. The molecule has 0 bridgehead atoms. The highest BCUT2D eigenvalue weighted by molar-refractivity contribution is 6.34. The summed E-state index contributed by atoms with van der Waals surface area (Å²) in [4.78, 5) is 13.8. The van der Waals surface area contributed by atoms with Crippen LogP contribution in [-0.4, -0.2) is 13.0 Å². The fraction of sp³-hybridized carbons (Fsp3) is 0.0625. The van der Waals surface area contributed by atoms with Crippen molar-refractivity contribution in [2.24, 2.45) is 0 Å². The molecule has 5 heteroatoms. The molecule has 0 aliphatic heterocycles. The van der Waals surface area contributed by atoms with Crippen LogP contribution in [0, 0.1) is 5.82 Å². The average molecular weight is 304 g/mol. The number of nitrogens with zero attached hydrogens (tertiary/aromatic N) is 1. The largest absolute Gasteiger partial charge is 0.449 e. The van der Waals surface area contributed by atoms with Gasteiger partial charge in [-0.1, -0.05) is 23.7 Å². The molecule has 0 atom stereocenters. The highest BCUT2D eigenvalue weighted by atomic mass is 35.5. The molecule has 2 aromatic carbocycles. The molecule has 3 rings (SSSR count). The number of carbonyl (C=O) groups excluding carboxylic acids is 1. The standard InChI is InChI=1S/C16H11ClFNO2/c1-19(12-7-5-11(18)6-8-12)16(20)14-9-10-3-2-4-13(17)15(10)21-14/h2-9H,1H3. The number of hydrogen-bond donors (Lipinski definition) is 0. The van der Waals surface area contributed by atoms with Gasteiger partial charge in [0.05, 0.1) is 5.02 Å². The van der Waals surface area contributed by atoms with Crippen molar-refractivity contribution < 1.29 is 13.6 Å². The predicted molar refractivity (Wildman–Crippen MR) is 80.4 cm³/mol. The Morgan fingerprint density at radius 1 is 1.19 bits per heavy atom. The number of carbonyl (C=O) groups is 1. The van der Waals surface area contributed by atoms with Gasteiger partial charge < -0.3 is 9.32 Å². The Labute approximate surface area is 125 Å². The summed E-state index contributed by atoms with van der Waals surface area (Å²) in [6, 6.07) is 12.6. The van der Waals surface area contributed by atoms with Crippen LogP contribution in [0.3, 0.4) is 0 Å². The molecule has 0 unspecified atom stereocenters.